The Labute approximate surface area is 206 Å². The SMILES string of the molecule is CCc1ccc2c(N3CCOc4ccc(-c5ccc6c(c5)N=C(C)CCC6)cc4C3)ncnc2c1. The minimum atomic E-state index is 0.623. The van der Waals surface area contributed by atoms with Crippen LogP contribution in [-0.2, 0) is 19.4 Å². The lowest BCUT2D eigenvalue weighted by Gasteiger charge is -2.22. The average molecular weight is 463 g/mol. The van der Waals surface area contributed by atoms with E-state index >= 15 is 0 Å². The number of aromatic nitrogens is 2. The predicted molar refractivity (Wildman–Crippen MR) is 143 cm³/mol. The Morgan fingerprint density at radius 3 is 2.71 bits per heavy atom. The molecule has 0 spiro atoms. The molecule has 4 aromatic rings. The number of aliphatic imine (C=N–C) groups is 1. The van der Waals surface area contributed by atoms with E-state index < -0.39 is 0 Å². The molecule has 0 amide bonds. The van der Waals surface area contributed by atoms with E-state index in [0.717, 1.165) is 60.5 Å². The van der Waals surface area contributed by atoms with E-state index in [-0.39, 0.29) is 0 Å². The number of nitrogens with zero attached hydrogens (tertiary/aromatic N) is 4. The Hall–Kier alpha value is -3.73. The minimum Gasteiger partial charge on any atom is -0.491 e. The number of anilines is 1. The van der Waals surface area contributed by atoms with Gasteiger partial charge in [0, 0.05) is 23.2 Å². The maximum atomic E-state index is 6.15. The summed E-state index contributed by atoms with van der Waals surface area (Å²) in [6.45, 7) is 6.45. The van der Waals surface area contributed by atoms with Crippen LogP contribution in [0.5, 0.6) is 5.75 Å². The molecular weight excluding hydrogens is 432 g/mol. The number of hydrogen-bond donors (Lipinski definition) is 0. The molecule has 3 heterocycles. The van der Waals surface area contributed by atoms with Crippen molar-refractivity contribution in [3.63, 3.8) is 0 Å². The highest BCUT2D eigenvalue weighted by Crippen LogP contribution is 2.35. The third-order valence-electron chi connectivity index (χ3n) is 7.14. The average Bonchev–Trinajstić information content (AvgIpc) is 3.21. The van der Waals surface area contributed by atoms with Gasteiger partial charge in [-0.1, -0.05) is 31.2 Å². The largest absolute Gasteiger partial charge is 0.491 e. The van der Waals surface area contributed by atoms with Gasteiger partial charge >= 0.3 is 0 Å². The minimum absolute atomic E-state index is 0.623. The van der Waals surface area contributed by atoms with Crippen LogP contribution in [0.25, 0.3) is 22.0 Å². The molecule has 5 heteroatoms. The Bertz CT molecular complexity index is 1440. The van der Waals surface area contributed by atoms with Gasteiger partial charge in [0.15, 0.2) is 0 Å². The summed E-state index contributed by atoms with van der Waals surface area (Å²) in [5.41, 5.74) is 9.52. The van der Waals surface area contributed by atoms with Crippen LogP contribution < -0.4 is 9.64 Å². The first kappa shape index (κ1) is 21.8. The molecule has 176 valence electrons. The summed E-state index contributed by atoms with van der Waals surface area (Å²) in [5, 5.41) is 1.09. The van der Waals surface area contributed by atoms with Crippen molar-refractivity contribution >= 4 is 28.1 Å². The van der Waals surface area contributed by atoms with E-state index in [1.54, 1.807) is 6.33 Å². The van der Waals surface area contributed by atoms with Crippen LogP contribution in [0.15, 0.2) is 65.9 Å². The molecular formula is C30H30N4O. The van der Waals surface area contributed by atoms with E-state index in [2.05, 4.69) is 83.3 Å². The molecule has 0 aliphatic carbocycles. The monoisotopic (exact) mass is 462 g/mol. The van der Waals surface area contributed by atoms with Gasteiger partial charge < -0.3 is 9.64 Å². The van der Waals surface area contributed by atoms with Gasteiger partial charge in [0.05, 0.1) is 17.7 Å². The van der Waals surface area contributed by atoms with Gasteiger partial charge in [-0.2, -0.15) is 0 Å². The van der Waals surface area contributed by atoms with Crippen molar-refractivity contribution in [1.82, 2.24) is 9.97 Å². The first-order valence-corrected chi connectivity index (χ1v) is 12.6. The summed E-state index contributed by atoms with van der Waals surface area (Å²) in [6, 6.07) is 19.8. The topological polar surface area (TPSA) is 50.6 Å². The first-order valence-electron chi connectivity index (χ1n) is 12.6. The van der Waals surface area contributed by atoms with Crippen molar-refractivity contribution in [2.75, 3.05) is 18.1 Å². The highest BCUT2D eigenvalue weighted by Gasteiger charge is 2.20. The lowest BCUT2D eigenvalue weighted by molar-refractivity contribution is 0.331. The zero-order chi connectivity index (χ0) is 23.8. The van der Waals surface area contributed by atoms with Crippen LogP contribution in [-0.4, -0.2) is 28.8 Å². The second-order valence-corrected chi connectivity index (χ2v) is 9.54. The Morgan fingerprint density at radius 2 is 1.80 bits per heavy atom. The van der Waals surface area contributed by atoms with Crippen LogP contribution >= 0.6 is 0 Å². The molecule has 0 fully saturated rings. The third kappa shape index (κ3) is 4.27. The molecule has 3 aromatic carbocycles. The molecule has 5 nitrogen and oxygen atoms in total. The van der Waals surface area contributed by atoms with Gasteiger partial charge in [0.25, 0.3) is 0 Å². The zero-order valence-corrected chi connectivity index (χ0v) is 20.4. The quantitative estimate of drug-likeness (QED) is 0.340. The molecule has 1 aromatic heterocycles. The second-order valence-electron chi connectivity index (χ2n) is 9.54. The van der Waals surface area contributed by atoms with Crippen molar-refractivity contribution in [2.45, 2.75) is 46.1 Å². The molecule has 0 radical (unpaired) electrons. The molecule has 0 unspecified atom stereocenters. The van der Waals surface area contributed by atoms with Crippen molar-refractivity contribution in [3.05, 3.63) is 77.6 Å². The first-order chi connectivity index (χ1) is 17.2. The van der Waals surface area contributed by atoms with Gasteiger partial charge in [-0.05, 0) is 85.2 Å². The van der Waals surface area contributed by atoms with E-state index in [9.17, 15) is 0 Å². The lowest BCUT2D eigenvalue weighted by atomic mass is 9.98. The van der Waals surface area contributed by atoms with Crippen LogP contribution in [0.1, 0.15) is 43.4 Å². The Kier molecular flexibility index (Phi) is 5.69. The van der Waals surface area contributed by atoms with E-state index in [1.165, 1.54) is 39.9 Å². The molecule has 2 aliphatic heterocycles. The van der Waals surface area contributed by atoms with Gasteiger partial charge in [-0.25, -0.2) is 9.97 Å². The number of benzene rings is 3. The van der Waals surface area contributed by atoms with E-state index in [1.807, 2.05) is 0 Å². The van der Waals surface area contributed by atoms with Crippen LogP contribution in [0.3, 0.4) is 0 Å². The van der Waals surface area contributed by atoms with Crippen LogP contribution in [0.4, 0.5) is 11.5 Å². The Morgan fingerprint density at radius 1 is 0.914 bits per heavy atom. The maximum absolute atomic E-state index is 6.15. The molecule has 0 N–H and O–H groups in total. The second kappa shape index (κ2) is 9.14. The highest BCUT2D eigenvalue weighted by atomic mass is 16.5. The van der Waals surface area contributed by atoms with Gasteiger partial charge in [-0.3, -0.25) is 4.99 Å². The summed E-state index contributed by atoms with van der Waals surface area (Å²) in [4.78, 5) is 16.4. The van der Waals surface area contributed by atoms with Gasteiger partial charge in [-0.15, -0.1) is 0 Å². The number of fused-ring (bicyclic) bond motifs is 3. The summed E-state index contributed by atoms with van der Waals surface area (Å²) < 4.78 is 6.15. The molecule has 0 atom stereocenters. The zero-order valence-electron chi connectivity index (χ0n) is 20.4. The highest BCUT2D eigenvalue weighted by molar-refractivity contribution is 5.90. The number of ether oxygens (including phenoxy) is 1. The van der Waals surface area contributed by atoms with E-state index in [0.29, 0.717) is 6.61 Å². The van der Waals surface area contributed by atoms with Gasteiger partial charge in [0.2, 0.25) is 0 Å². The third-order valence-corrected chi connectivity index (χ3v) is 7.14. The number of rotatable bonds is 3. The van der Waals surface area contributed by atoms with Crippen molar-refractivity contribution in [2.24, 2.45) is 4.99 Å². The smallest absolute Gasteiger partial charge is 0.140 e. The van der Waals surface area contributed by atoms with Crippen molar-refractivity contribution < 1.29 is 4.74 Å². The summed E-state index contributed by atoms with van der Waals surface area (Å²) in [7, 11) is 0. The molecule has 6 rings (SSSR count). The summed E-state index contributed by atoms with van der Waals surface area (Å²) in [5.74, 6) is 1.92. The molecule has 0 saturated heterocycles. The number of hydrogen-bond acceptors (Lipinski definition) is 5. The van der Waals surface area contributed by atoms with Gasteiger partial charge in [0.1, 0.15) is 24.5 Å². The number of aryl methyl sites for hydroxylation is 2. The maximum Gasteiger partial charge on any atom is 0.140 e. The van der Waals surface area contributed by atoms with Crippen LogP contribution in [0, 0.1) is 0 Å². The van der Waals surface area contributed by atoms with Crippen molar-refractivity contribution in [3.8, 4) is 16.9 Å². The fourth-order valence-electron chi connectivity index (χ4n) is 5.17. The molecule has 35 heavy (non-hydrogen) atoms. The fraction of sp³-hybridized carbons (Fsp3) is 0.300. The van der Waals surface area contributed by atoms with Crippen molar-refractivity contribution in [1.29, 1.82) is 0 Å². The summed E-state index contributed by atoms with van der Waals surface area (Å²) in [6.07, 6.45) is 6.02. The van der Waals surface area contributed by atoms with E-state index in [4.69, 9.17) is 9.73 Å². The van der Waals surface area contributed by atoms with Crippen LogP contribution in [0.2, 0.25) is 0 Å². The normalized spacial score (nSPS) is 15.5. The summed E-state index contributed by atoms with van der Waals surface area (Å²) >= 11 is 0. The molecule has 0 saturated carbocycles. The molecule has 0 bridgehead atoms. The Balaban J connectivity index is 1.36. The standard InChI is InChI=1S/C30H30N4O/c1-3-21-7-11-26-28(15-21)31-19-32-30(26)34-13-14-35-29-12-10-23(16-25(29)18-34)24-9-8-22-6-4-5-20(2)33-27(22)17-24/h7-12,15-17,19H,3-6,13-14,18H2,1-2H3. The fourth-order valence-corrected chi connectivity index (χ4v) is 5.17. The molecule has 2 aliphatic rings. The predicted octanol–water partition coefficient (Wildman–Crippen LogP) is 6.69. The lowest BCUT2D eigenvalue weighted by Crippen LogP contribution is -2.26.